The second-order valence-corrected chi connectivity index (χ2v) is 4.50. The summed E-state index contributed by atoms with van der Waals surface area (Å²) in [6, 6.07) is 0. The molecule has 1 aliphatic rings. The van der Waals surface area contributed by atoms with E-state index in [1.54, 1.807) is 13.8 Å². The third kappa shape index (κ3) is 2.98. The van der Waals surface area contributed by atoms with E-state index in [2.05, 4.69) is 0 Å². The van der Waals surface area contributed by atoms with Gasteiger partial charge in [-0.15, -0.1) is 0 Å². The molecule has 1 aliphatic carbocycles. The largest absolute Gasteiger partial charge is 0.303 e. The normalized spacial score (nSPS) is 30.9. The van der Waals surface area contributed by atoms with Crippen LogP contribution in [0.15, 0.2) is 0 Å². The Morgan fingerprint density at radius 1 is 1.20 bits per heavy atom. The smallest absolute Gasteiger partial charge is 0.133 e. The van der Waals surface area contributed by atoms with Gasteiger partial charge in [0.1, 0.15) is 17.9 Å². The van der Waals surface area contributed by atoms with E-state index in [4.69, 9.17) is 0 Å². The Morgan fingerprint density at radius 2 is 1.87 bits per heavy atom. The summed E-state index contributed by atoms with van der Waals surface area (Å²) in [6.07, 6.45) is 3.54. The van der Waals surface area contributed by atoms with Gasteiger partial charge in [-0.25, -0.2) is 0 Å². The maximum Gasteiger partial charge on any atom is 0.133 e. The highest BCUT2D eigenvalue weighted by Gasteiger charge is 2.34. The van der Waals surface area contributed by atoms with Crippen LogP contribution in [0.4, 0.5) is 0 Å². The van der Waals surface area contributed by atoms with E-state index in [1.807, 2.05) is 0 Å². The van der Waals surface area contributed by atoms with Crippen molar-refractivity contribution in [2.75, 3.05) is 0 Å². The lowest BCUT2D eigenvalue weighted by Crippen LogP contribution is -2.32. The average molecular weight is 210 g/mol. The van der Waals surface area contributed by atoms with Crippen LogP contribution in [0.5, 0.6) is 0 Å². The maximum atomic E-state index is 11.4. The fourth-order valence-electron chi connectivity index (χ4n) is 2.55. The second kappa shape index (κ2) is 5.19. The Hall–Kier alpha value is -0.990. The van der Waals surface area contributed by atoms with Gasteiger partial charge in [-0.05, 0) is 39.0 Å². The summed E-state index contributed by atoms with van der Waals surface area (Å²) in [6.45, 7) is 3.17. The van der Waals surface area contributed by atoms with Crippen LogP contribution < -0.4 is 0 Å². The third-order valence-electron chi connectivity index (χ3n) is 3.48. The van der Waals surface area contributed by atoms with Crippen molar-refractivity contribution in [1.82, 2.24) is 0 Å². The molecular formula is C12H18O3. The van der Waals surface area contributed by atoms with Crippen molar-refractivity contribution in [1.29, 1.82) is 0 Å². The van der Waals surface area contributed by atoms with Crippen LogP contribution >= 0.6 is 0 Å². The van der Waals surface area contributed by atoms with E-state index in [1.165, 1.54) is 0 Å². The first-order valence-corrected chi connectivity index (χ1v) is 5.50. The minimum atomic E-state index is -0.00852. The lowest BCUT2D eigenvalue weighted by atomic mass is 9.70. The van der Waals surface area contributed by atoms with Gasteiger partial charge in [0, 0.05) is 18.3 Å². The van der Waals surface area contributed by atoms with Gasteiger partial charge < -0.3 is 4.79 Å². The van der Waals surface area contributed by atoms with Gasteiger partial charge in [-0.1, -0.05) is 0 Å². The molecule has 0 heterocycles. The zero-order chi connectivity index (χ0) is 11.4. The van der Waals surface area contributed by atoms with Crippen LogP contribution in [0.3, 0.4) is 0 Å². The molecule has 3 atom stereocenters. The molecule has 3 nitrogen and oxygen atoms in total. The molecule has 0 aliphatic heterocycles. The lowest BCUT2D eigenvalue weighted by Gasteiger charge is -2.32. The van der Waals surface area contributed by atoms with E-state index in [0.29, 0.717) is 12.8 Å². The van der Waals surface area contributed by atoms with Gasteiger partial charge in [0.25, 0.3) is 0 Å². The van der Waals surface area contributed by atoms with Gasteiger partial charge in [0.05, 0.1) is 0 Å². The minimum absolute atomic E-state index is 0.00852. The number of carbonyl (C=O) groups is 3. The molecule has 3 heteroatoms. The standard InChI is InChI=1S/C12H18O3/c1-8(14)10-3-4-12(9(2)15)11(7-10)5-6-13/h6,10-12H,3-5,7H2,1-2H3. The van der Waals surface area contributed by atoms with Crippen molar-refractivity contribution in [2.45, 2.75) is 39.5 Å². The van der Waals surface area contributed by atoms with Crippen molar-refractivity contribution in [3.8, 4) is 0 Å². The van der Waals surface area contributed by atoms with E-state index in [9.17, 15) is 14.4 Å². The second-order valence-electron chi connectivity index (χ2n) is 4.50. The highest BCUT2D eigenvalue weighted by atomic mass is 16.1. The average Bonchev–Trinajstić information content (AvgIpc) is 2.17. The number of hydrogen-bond donors (Lipinski definition) is 0. The Bertz CT molecular complexity index is 270. The zero-order valence-electron chi connectivity index (χ0n) is 9.36. The summed E-state index contributed by atoms with van der Waals surface area (Å²) in [4.78, 5) is 33.1. The Kier molecular flexibility index (Phi) is 4.18. The van der Waals surface area contributed by atoms with Gasteiger partial charge in [-0.3, -0.25) is 9.59 Å². The van der Waals surface area contributed by atoms with Crippen LogP contribution in [0.25, 0.3) is 0 Å². The molecule has 0 aromatic heterocycles. The van der Waals surface area contributed by atoms with Gasteiger partial charge in [0.2, 0.25) is 0 Å². The highest BCUT2D eigenvalue weighted by molar-refractivity contribution is 5.81. The molecule has 0 bridgehead atoms. The quantitative estimate of drug-likeness (QED) is 0.665. The molecule has 0 spiro atoms. The first kappa shape index (κ1) is 12.1. The van der Waals surface area contributed by atoms with E-state index >= 15 is 0 Å². The molecule has 1 fully saturated rings. The van der Waals surface area contributed by atoms with Crippen LogP contribution in [-0.4, -0.2) is 17.9 Å². The van der Waals surface area contributed by atoms with Crippen molar-refractivity contribution in [2.24, 2.45) is 17.8 Å². The summed E-state index contributed by atoms with van der Waals surface area (Å²) in [7, 11) is 0. The van der Waals surface area contributed by atoms with Gasteiger partial charge in [-0.2, -0.15) is 0 Å². The fourth-order valence-corrected chi connectivity index (χ4v) is 2.55. The molecule has 3 unspecified atom stereocenters. The topological polar surface area (TPSA) is 51.2 Å². The summed E-state index contributed by atoms with van der Waals surface area (Å²) in [5.74, 6) is 0.482. The molecule has 15 heavy (non-hydrogen) atoms. The summed E-state index contributed by atoms with van der Waals surface area (Å²) >= 11 is 0. The van der Waals surface area contributed by atoms with Gasteiger partial charge in [0.15, 0.2) is 0 Å². The number of carbonyl (C=O) groups excluding carboxylic acids is 3. The molecule has 0 aromatic carbocycles. The van der Waals surface area contributed by atoms with Crippen LogP contribution in [0, 0.1) is 17.8 Å². The molecule has 0 N–H and O–H groups in total. The van der Waals surface area contributed by atoms with E-state index < -0.39 is 0 Å². The number of rotatable bonds is 4. The molecule has 0 aromatic rings. The number of Topliss-reactive ketones (excluding diaryl/α,β-unsaturated/α-hetero) is 2. The summed E-state index contributed by atoms with van der Waals surface area (Å²) in [5.41, 5.74) is 0. The molecule has 0 radical (unpaired) electrons. The SMILES string of the molecule is CC(=O)C1CCC(C(C)=O)C(CC=O)C1. The number of aldehydes is 1. The molecule has 84 valence electrons. The third-order valence-corrected chi connectivity index (χ3v) is 3.48. The first-order valence-electron chi connectivity index (χ1n) is 5.50. The highest BCUT2D eigenvalue weighted by Crippen LogP contribution is 2.36. The lowest BCUT2D eigenvalue weighted by molar-refractivity contribution is -0.129. The predicted molar refractivity (Wildman–Crippen MR) is 56.4 cm³/mol. The molecule has 1 rings (SSSR count). The van der Waals surface area contributed by atoms with Crippen LogP contribution in [-0.2, 0) is 14.4 Å². The molecule has 0 amide bonds. The Labute approximate surface area is 90.2 Å². The van der Waals surface area contributed by atoms with Crippen molar-refractivity contribution < 1.29 is 14.4 Å². The van der Waals surface area contributed by atoms with Crippen LogP contribution in [0.1, 0.15) is 39.5 Å². The molecule has 0 saturated heterocycles. The summed E-state index contributed by atoms with van der Waals surface area (Å²) in [5, 5.41) is 0. The van der Waals surface area contributed by atoms with Crippen LogP contribution in [0.2, 0.25) is 0 Å². The van der Waals surface area contributed by atoms with E-state index in [-0.39, 0.29) is 29.3 Å². The Balaban J connectivity index is 2.68. The van der Waals surface area contributed by atoms with Gasteiger partial charge >= 0.3 is 0 Å². The fraction of sp³-hybridized carbons (Fsp3) is 0.750. The van der Waals surface area contributed by atoms with Crippen molar-refractivity contribution in [3.05, 3.63) is 0 Å². The van der Waals surface area contributed by atoms with Crippen molar-refractivity contribution >= 4 is 17.9 Å². The monoisotopic (exact) mass is 210 g/mol. The molecule has 1 saturated carbocycles. The maximum absolute atomic E-state index is 11.4. The minimum Gasteiger partial charge on any atom is -0.303 e. The Morgan fingerprint density at radius 3 is 2.33 bits per heavy atom. The van der Waals surface area contributed by atoms with E-state index in [0.717, 1.165) is 19.1 Å². The first-order chi connectivity index (χ1) is 7.06. The number of hydrogen-bond acceptors (Lipinski definition) is 3. The molecular weight excluding hydrogens is 192 g/mol. The zero-order valence-corrected chi connectivity index (χ0v) is 9.36. The predicted octanol–water partition coefficient (Wildman–Crippen LogP) is 1.79. The van der Waals surface area contributed by atoms with Crippen molar-refractivity contribution in [3.63, 3.8) is 0 Å². The summed E-state index contributed by atoms with van der Waals surface area (Å²) < 4.78 is 0. The number of ketones is 2.